The van der Waals surface area contributed by atoms with Gasteiger partial charge in [0.05, 0.1) is 0 Å². The van der Waals surface area contributed by atoms with Crippen molar-refractivity contribution in [2.75, 3.05) is 0 Å². The molecule has 0 aliphatic carbocycles. The third kappa shape index (κ3) is 4.14. The number of aromatic nitrogens is 1. The van der Waals surface area contributed by atoms with Gasteiger partial charge in [0.1, 0.15) is 11.5 Å². The van der Waals surface area contributed by atoms with Gasteiger partial charge in [0.25, 0.3) is 0 Å². The number of fused-ring (bicyclic) bond motifs is 3. The molecule has 0 amide bonds. The van der Waals surface area contributed by atoms with Crippen LogP contribution in [0.3, 0.4) is 0 Å². The van der Waals surface area contributed by atoms with Gasteiger partial charge in [-0.15, -0.1) is 11.3 Å². The molecule has 0 aliphatic rings. The van der Waals surface area contributed by atoms with Crippen LogP contribution in [-0.2, 0) is 11.8 Å². The van der Waals surface area contributed by atoms with Crippen LogP contribution in [-0.4, -0.2) is 4.98 Å². The summed E-state index contributed by atoms with van der Waals surface area (Å²) in [7, 11) is 0. The Labute approximate surface area is 229 Å². The lowest BCUT2D eigenvalue weighted by molar-refractivity contribution is 0.596. The Morgan fingerprint density at radius 2 is 1.66 bits per heavy atom. The van der Waals surface area contributed by atoms with Crippen molar-refractivity contribution in [2.24, 2.45) is 5.92 Å². The SMILES string of the molecule is Cc1sc2cc(-c3oc4c(-c5cc(C(C)(C)C)c6ccccc6c5)nccc4c3C)ccc2c1CC(C)C. The van der Waals surface area contributed by atoms with Crippen LogP contribution in [0.2, 0.25) is 0 Å². The van der Waals surface area contributed by atoms with Crippen LogP contribution in [0, 0.1) is 19.8 Å². The number of furan rings is 1. The normalized spacial score (nSPS) is 12.4. The quantitative estimate of drug-likeness (QED) is 0.232. The molecule has 0 bridgehead atoms. The largest absolute Gasteiger partial charge is 0.453 e. The topological polar surface area (TPSA) is 26.0 Å². The highest BCUT2D eigenvalue weighted by molar-refractivity contribution is 7.19. The summed E-state index contributed by atoms with van der Waals surface area (Å²) in [5, 5.41) is 5.03. The smallest absolute Gasteiger partial charge is 0.161 e. The highest BCUT2D eigenvalue weighted by atomic mass is 32.1. The predicted octanol–water partition coefficient (Wildman–Crippen LogP) is 10.6. The first kappa shape index (κ1) is 24.9. The third-order valence-electron chi connectivity index (χ3n) is 7.67. The van der Waals surface area contributed by atoms with Crippen molar-refractivity contribution >= 4 is 43.2 Å². The molecule has 0 saturated carbocycles. The standard InChI is InChI=1S/C35H35NOS/c1-20(2)16-29-22(4)38-31-19-24(12-13-28(29)31)33-21(3)26-14-15-36-32(34(26)37-33)25-17-23-10-8-9-11-27(23)30(18-25)35(5,6)7/h8-15,17-20H,16H2,1-7H3. The first-order chi connectivity index (χ1) is 18.1. The Morgan fingerprint density at radius 1 is 0.868 bits per heavy atom. The van der Waals surface area contributed by atoms with Gasteiger partial charge in [-0.1, -0.05) is 71.0 Å². The molecule has 3 heteroatoms. The first-order valence-corrected chi connectivity index (χ1v) is 14.4. The molecule has 0 fully saturated rings. The average molecular weight is 518 g/mol. The van der Waals surface area contributed by atoms with E-state index in [0.717, 1.165) is 45.5 Å². The fraction of sp³-hybridized carbons (Fsp3) is 0.286. The van der Waals surface area contributed by atoms with Gasteiger partial charge in [-0.05, 0) is 83.2 Å². The summed E-state index contributed by atoms with van der Waals surface area (Å²) in [5.74, 6) is 1.58. The molecule has 6 aromatic rings. The molecule has 38 heavy (non-hydrogen) atoms. The molecule has 6 rings (SSSR count). The van der Waals surface area contributed by atoms with Crippen molar-refractivity contribution < 1.29 is 4.42 Å². The van der Waals surface area contributed by atoms with Gasteiger partial charge >= 0.3 is 0 Å². The monoisotopic (exact) mass is 517 g/mol. The molecule has 0 N–H and O–H groups in total. The summed E-state index contributed by atoms with van der Waals surface area (Å²) in [6.07, 6.45) is 3.03. The molecule has 0 unspecified atom stereocenters. The Hall–Kier alpha value is -3.43. The van der Waals surface area contributed by atoms with E-state index in [0.29, 0.717) is 5.92 Å². The highest BCUT2D eigenvalue weighted by Gasteiger charge is 2.22. The zero-order chi connectivity index (χ0) is 26.8. The van der Waals surface area contributed by atoms with Crippen molar-refractivity contribution in [2.45, 2.75) is 60.3 Å². The summed E-state index contributed by atoms with van der Waals surface area (Å²) < 4.78 is 8.03. The molecule has 0 radical (unpaired) electrons. The van der Waals surface area contributed by atoms with E-state index < -0.39 is 0 Å². The molecular formula is C35H35NOS. The molecule has 0 aliphatic heterocycles. The van der Waals surface area contributed by atoms with E-state index in [2.05, 4.69) is 109 Å². The first-order valence-electron chi connectivity index (χ1n) is 13.6. The van der Waals surface area contributed by atoms with Gasteiger partial charge in [-0.25, -0.2) is 0 Å². The number of aryl methyl sites for hydroxylation is 2. The van der Waals surface area contributed by atoms with Gasteiger partial charge in [0.2, 0.25) is 0 Å². The lowest BCUT2D eigenvalue weighted by Gasteiger charge is -2.22. The second kappa shape index (κ2) is 9.10. The molecule has 0 spiro atoms. The Morgan fingerprint density at radius 3 is 2.42 bits per heavy atom. The summed E-state index contributed by atoms with van der Waals surface area (Å²) >= 11 is 1.89. The summed E-state index contributed by atoms with van der Waals surface area (Å²) in [5.41, 5.74) is 7.98. The minimum atomic E-state index is 0.0103. The molecule has 3 aromatic carbocycles. The summed E-state index contributed by atoms with van der Waals surface area (Å²) in [6, 6.07) is 22.1. The van der Waals surface area contributed by atoms with E-state index in [1.165, 1.54) is 36.9 Å². The van der Waals surface area contributed by atoms with E-state index in [4.69, 9.17) is 9.40 Å². The van der Waals surface area contributed by atoms with Crippen LogP contribution in [0.1, 0.15) is 56.2 Å². The van der Waals surface area contributed by atoms with Crippen LogP contribution in [0.15, 0.2) is 71.3 Å². The number of rotatable bonds is 4. The zero-order valence-corrected chi connectivity index (χ0v) is 24.2. The molecular weight excluding hydrogens is 482 g/mol. The second-order valence-electron chi connectivity index (χ2n) is 12.0. The number of thiophene rings is 1. The van der Waals surface area contributed by atoms with E-state index in [9.17, 15) is 0 Å². The van der Waals surface area contributed by atoms with Crippen molar-refractivity contribution in [3.8, 4) is 22.6 Å². The fourth-order valence-corrected chi connectivity index (χ4v) is 6.91. The maximum atomic E-state index is 6.70. The molecule has 3 heterocycles. The Bertz CT molecular complexity index is 1830. The number of hydrogen-bond acceptors (Lipinski definition) is 3. The number of pyridine rings is 1. The minimum absolute atomic E-state index is 0.0103. The third-order valence-corrected chi connectivity index (χ3v) is 8.78. The highest BCUT2D eigenvalue weighted by Crippen LogP contribution is 2.42. The lowest BCUT2D eigenvalue weighted by atomic mass is 9.82. The van der Waals surface area contributed by atoms with Gasteiger partial charge < -0.3 is 4.42 Å². The molecule has 192 valence electrons. The maximum Gasteiger partial charge on any atom is 0.161 e. The van der Waals surface area contributed by atoms with E-state index in [1.807, 2.05) is 17.5 Å². The van der Waals surface area contributed by atoms with Crippen LogP contribution < -0.4 is 0 Å². The fourth-order valence-electron chi connectivity index (χ4n) is 5.77. The van der Waals surface area contributed by atoms with Crippen LogP contribution in [0.4, 0.5) is 0 Å². The molecule has 2 nitrogen and oxygen atoms in total. The molecule has 3 aromatic heterocycles. The van der Waals surface area contributed by atoms with E-state index in [-0.39, 0.29) is 5.41 Å². The van der Waals surface area contributed by atoms with Crippen LogP contribution >= 0.6 is 11.3 Å². The van der Waals surface area contributed by atoms with Crippen molar-refractivity contribution in [3.05, 3.63) is 88.4 Å². The Kier molecular flexibility index (Phi) is 5.96. The number of nitrogens with zero attached hydrogens (tertiary/aromatic N) is 1. The molecule has 0 saturated heterocycles. The van der Waals surface area contributed by atoms with Gasteiger partial charge in [0.15, 0.2) is 5.58 Å². The Balaban J connectivity index is 1.53. The molecule has 0 atom stereocenters. The summed E-state index contributed by atoms with van der Waals surface area (Å²) in [6.45, 7) is 15.8. The predicted molar refractivity (Wildman–Crippen MR) is 164 cm³/mol. The van der Waals surface area contributed by atoms with Gasteiger partial charge in [0, 0.05) is 37.9 Å². The van der Waals surface area contributed by atoms with E-state index in [1.54, 1.807) is 0 Å². The van der Waals surface area contributed by atoms with Gasteiger partial charge in [-0.2, -0.15) is 0 Å². The zero-order valence-electron chi connectivity index (χ0n) is 23.4. The van der Waals surface area contributed by atoms with Crippen molar-refractivity contribution in [1.82, 2.24) is 4.98 Å². The van der Waals surface area contributed by atoms with E-state index >= 15 is 0 Å². The lowest BCUT2D eigenvalue weighted by Crippen LogP contribution is -2.12. The van der Waals surface area contributed by atoms with Crippen LogP contribution in [0.25, 0.3) is 54.4 Å². The number of hydrogen-bond donors (Lipinski definition) is 0. The summed E-state index contributed by atoms with van der Waals surface area (Å²) in [4.78, 5) is 6.28. The van der Waals surface area contributed by atoms with Crippen molar-refractivity contribution in [3.63, 3.8) is 0 Å². The minimum Gasteiger partial charge on any atom is -0.453 e. The maximum absolute atomic E-state index is 6.70. The average Bonchev–Trinajstić information content (AvgIpc) is 3.38. The van der Waals surface area contributed by atoms with Crippen molar-refractivity contribution in [1.29, 1.82) is 0 Å². The van der Waals surface area contributed by atoms with Crippen LogP contribution in [0.5, 0.6) is 0 Å². The second-order valence-corrected chi connectivity index (χ2v) is 13.3. The number of benzene rings is 3. The van der Waals surface area contributed by atoms with Gasteiger partial charge in [-0.3, -0.25) is 4.98 Å².